The molecule has 1 aromatic rings. The summed E-state index contributed by atoms with van der Waals surface area (Å²) in [6.45, 7) is 0. The smallest absolute Gasteiger partial charge is 0.340 e. The number of cyclic esters (lactones) is 1. The predicted molar refractivity (Wildman–Crippen MR) is 41.9 cm³/mol. The van der Waals surface area contributed by atoms with Crippen LogP contribution in [0.3, 0.4) is 0 Å². The van der Waals surface area contributed by atoms with Crippen molar-refractivity contribution in [2.75, 3.05) is 0 Å². The SMILES string of the molecule is NNC1OC(=O)c2ccccc21. The van der Waals surface area contributed by atoms with Gasteiger partial charge in [0.25, 0.3) is 0 Å². The molecule has 4 nitrogen and oxygen atoms in total. The highest BCUT2D eigenvalue weighted by molar-refractivity contribution is 5.93. The van der Waals surface area contributed by atoms with Crippen LogP contribution in [0.25, 0.3) is 0 Å². The fourth-order valence-electron chi connectivity index (χ4n) is 1.27. The van der Waals surface area contributed by atoms with Crippen molar-refractivity contribution in [3.63, 3.8) is 0 Å². The van der Waals surface area contributed by atoms with Crippen LogP contribution in [0.4, 0.5) is 0 Å². The summed E-state index contributed by atoms with van der Waals surface area (Å²) in [6, 6.07) is 7.16. The normalized spacial score (nSPS) is 20.4. The van der Waals surface area contributed by atoms with Gasteiger partial charge in [0.1, 0.15) is 0 Å². The maximum atomic E-state index is 11.1. The van der Waals surface area contributed by atoms with E-state index in [-0.39, 0.29) is 5.97 Å². The first-order valence-electron chi connectivity index (χ1n) is 3.59. The summed E-state index contributed by atoms with van der Waals surface area (Å²) in [7, 11) is 0. The second kappa shape index (κ2) is 2.58. The Kier molecular flexibility index (Phi) is 1.56. The van der Waals surface area contributed by atoms with Gasteiger partial charge in [0.15, 0.2) is 6.23 Å². The van der Waals surface area contributed by atoms with Crippen molar-refractivity contribution in [2.24, 2.45) is 5.84 Å². The number of hydrogen-bond donors (Lipinski definition) is 2. The van der Waals surface area contributed by atoms with Crippen molar-refractivity contribution in [1.29, 1.82) is 0 Å². The Morgan fingerprint density at radius 3 is 2.92 bits per heavy atom. The molecule has 0 saturated heterocycles. The molecule has 0 fully saturated rings. The number of fused-ring (bicyclic) bond motifs is 1. The van der Waals surface area contributed by atoms with Crippen molar-refractivity contribution in [2.45, 2.75) is 6.23 Å². The lowest BCUT2D eigenvalue weighted by Gasteiger charge is -2.06. The van der Waals surface area contributed by atoms with E-state index in [9.17, 15) is 4.79 Å². The van der Waals surface area contributed by atoms with E-state index in [4.69, 9.17) is 10.6 Å². The minimum absolute atomic E-state index is 0.325. The maximum absolute atomic E-state index is 11.1. The van der Waals surface area contributed by atoms with Gasteiger partial charge in [0, 0.05) is 5.56 Å². The molecule has 0 radical (unpaired) electrons. The van der Waals surface area contributed by atoms with E-state index in [1.807, 2.05) is 12.1 Å². The number of benzene rings is 1. The lowest BCUT2D eigenvalue weighted by Crippen LogP contribution is -2.27. The Balaban J connectivity index is 2.50. The number of hydrogen-bond acceptors (Lipinski definition) is 4. The lowest BCUT2D eigenvalue weighted by molar-refractivity contribution is 0.0309. The van der Waals surface area contributed by atoms with E-state index in [1.54, 1.807) is 12.1 Å². The number of hydrazine groups is 1. The van der Waals surface area contributed by atoms with E-state index in [1.165, 1.54) is 0 Å². The van der Waals surface area contributed by atoms with Gasteiger partial charge < -0.3 is 4.74 Å². The van der Waals surface area contributed by atoms with Gasteiger partial charge in [-0.2, -0.15) is 0 Å². The average molecular weight is 164 g/mol. The quantitative estimate of drug-likeness (QED) is 0.356. The average Bonchev–Trinajstić information content (AvgIpc) is 2.44. The number of ether oxygens (including phenoxy) is 1. The first kappa shape index (κ1) is 7.27. The molecule has 4 heteroatoms. The number of nitrogens with one attached hydrogen (secondary N) is 1. The van der Waals surface area contributed by atoms with Crippen LogP contribution < -0.4 is 11.3 Å². The van der Waals surface area contributed by atoms with Crippen molar-refractivity contribution in [1.82, 2.24) is 5.43 Å². The van der Waals surface area contributed by atoms with Crippen LogP contribution in [0.5, 0.6) is 0 Å². The third-order valence-corrected chi connectivity index (χ3v) is 1.84. The molecule has 12 heavy (non-hydrogen) atoms. The van der Waals surface area contributed by atoms with Crippen LogP contribution in [0.1, 0.15) is 22.1 Å². The minimum Gasteiger partial charge on any atom is -0.437 e. The second-order valence-corrected chi connectivity index (χ2v) is 2.54. The molecule has 1 heterocycles. The Morgan fingerprint density at radius 2 is 2.17 bits per heavy atom. The zero-order chi connectivity index (χ0) is 8.55. The Labute approximate surface area is 69.3 Å². The molecule has 3 N–H and O–H groups in total. The van der Waals surface area contributed by atoms with Crippen molar-refractivity contribution >= 4 is 5.97 Å². The zero-order valence-corrected chi connectivity index (χ0v) is 6.28. The van der Waals surface area contributed by atoms with Gasteiger partial charge in [-0.25, -0.2) is 10.2 Å². The monoisotopic (exact) mass is 164 g/mol. The molecule has 1 aliphatic heterocycles. The van der Waals surface area contributed by atoms with Crippen LogP contribution in [0, 0.1) is 0 Å². The summed E-state index contributed by atoms with van der Waals surface area (Å²) in [4.78, 5) is 11.1. The van der Waals surface area contributed by atoms with Gasteiger partial charge in [-0.05, 0) is 6.07 Å². The van der Waals surface area contributed by atoms with Gasteiger partial charge in [0.05, 0.1) is 5.56 Å². The van der Waals surface area contributed by atoms with E-state index in [2.05, 4.69) is 5.43 Å². The third-order valence-electron chi connectivity index (χ3n) is 1.84. The predicted octanol–water partition coefficient (Wildman–Crippen LogP) is 0.319. The standard InChI is InChI=1S/C8H8N2O2/c9-10-7-5-3-1-2-4-6(5)8(11)12-7/h1-4,7,10H,9H2. The molecule has 0 spiro atoms. The summed E-state index contributed by atoms with van der Waals surface area (Å²) >= 11 is 0. The van der Waals surface area contributed by atoms with E-state index < -0.39 is 6.23 Å². The van der Waals surface area contributed by atoms with Crippen LogP contribution in [0.2, 0.25) is 0 Å². The molecular formula is C8H8N2O2. The molecular weight excluding hydrogens is 156 g/mol. The van der Waals surface area contributed by atoms with Crippen LogP contribution in [-0.4, -0.2) is 5.97 Å². The van der Waals surface area contributed by atoms with Crippen LogP contribution in [0.15, 0.2) is 24.3 Å². The van der Waals surface area contributed by atoms with Gasteiger partial charge in [-0.1, -0.05) is 18.2 Å². The topological polar surface area (TPSA) is 64.3 Å². The highest BCUT2D eigenvalue weighted by atomic mass is 16.6. The molecule has 2 rings (SSSR count). The van der Waals surface area contributed by atoms with Gasteiger partial charge in [-0.3, -0.25) is 5.84 Å². The van der Waals surface area contributed by atoms with Crippen molar-refractivity contribution in [3.05, 3.63) is 35.4 Å². The fraction of sp³-hybridized carbons (Fsp3) is 0.125. The molecule has 0 bridgehead atoms. The first-order valence-corrected chi connectivity index (χ1v) is 3.59. The number of nitrogens with two attached hydrogens (primary N) is 1. The molecule has 0 aromatic heterocycles. The number of esters is 1. The molecule has 0 aliphatic carbocycles. The fourth-order valence-corrected chi connectivity index (χ4v) is 1.27. The summed E-state index contributed by atoms with van der Waals surface area (Å²) in [5.74, 6) is 4.86. The molecule has 1 atom stereocenters. The Bertz CT molecular complexity index is 325. The summed E-state index contributed by atoms with van der Waals surface area (Å²) < 4.78 is 4.91. The first-order chi connectivity index (χ1) is 5.83. The van der Waals surface area contributed by atoms with E-state index in [0.29, 0.717) is 5.56 Å². The number of carbonyl (C=O) groups excluding carboxylic acids is 1. The molecule has 1 aliphatic rings. The van der Waals surface area contributed by atoms with Gasteiger partial charge in [-0.15, -0.1) is 0 Å². The Morgan fingerprint density at radius 1 is 1.42 bits per heavy atom. The van der Waals surface area contributed by atoms with Crippen LogP contribution in [-0.2, 0) is 4.74 Å². The third kappa shape index (κ3) is 0.895. The van der Waals surface area contributed by atoms with Gasteiger partial charge >= 0.3 is 5.97 Å². The number of carbonyl (C=O) groups is 1. The lowest BCUT2D eigenvalue weighted by atomic mass is 10.1. The summed E-state index contributed by atoms with van der Waals surface area (Å²) in [5.41, 5.74) is 3.79. The maximum Gasteiger partial charge on any atom is 0.340 e. The highest BCUT2D eigenvalue weighted by Crippen LogP contribution is 2.26. The van der Waals surface area contributed by atoms with Crippen molar-refractivity contribution < 1.29 is 9.53 Å². The minimum atomic E-state index is -0.492. The van der Waals surface area contributed by atoms with Gasteiger partial charge in [0.2, 0.25) is 0 Å². The summed E-state index contributed by atoms with van der Waals surface area (Å²) in [5, 5.41) is 0. The summed E-state index contributed by atoms with van der Waals surface area (Å²) in [6.07, 6.45) is -0.492. The van der Waals surface area contributed by atoms with E-state index >= 15 is 0 Å². The molecule has 1 aromatic carbocycles. The molecule has 0 saturated carbocycles. The molecule has 0 amide bonds. The van der Waals surface area contributed by atoms with Crippen molar-refractivity contribution in [3.8, 4) is 0 Å². The largest absolute Gasteiger partial charge is 0.437 e. The van der Waals surface area contributed by atoms with Crippen LogP contribution >= 0.6 is 0 Å². The second-order valence-electron chi connectivity index (χ2n) is 2.54. The molecule has 1 unspecified atom stereocenters. The highest BCUT2D eigenvalue weighted by Gasteiger charge is 2.29. The number of rotatable bonds is 1. The zero-order valence-electron chi connectivity index (χ0n) is 6.28. The van der Waals surface area contributed by atoms with E-state index in [0.717, 1.165) is 5.56 Å². The Hall–Kier alpha value is -1.39. The molecule has 62 valence electrons.